The molecule has 2 fully saturated rings. The average molecular weight is 269 g/mol. The summed E-state index contributed by atoms with van der Waals surface area (Å²) >= 11 is 0. The molecule has 2 aliphatic rings. The van der Waals surface area contributed by atoms with Gasteiger partial charge in [-0.15, -0.1) is 0 Å². The summed E-state index contributed by atoms with van der Waals surface area (Å²) in [5.74, 6) is -0.715. The number of likely N-dealkylation sites (tertiary alicyclic amines) is 1. The van der Waals surface area contributed by atoms with Crippen LogP contribution < -0.4 is 0 Å². The van der Waals surface area contributed by atoms with E-state index in [1.165, 1.54) is 0 Å². The Morgan fingerprint density at radius 3 is 2.84 bits per heavy atom. The second-order valence-electron chi connectivity index (χ2n) is 5.74. The van der Waals surface area contributed by atoms with E-state index in [0.29, 0.717) is 32.4 Å². The first-order valence-corrected chi connectivity index (χ1v) is 7.20. The third-order valence-corrected chi connectivity index (χ3v) is 4.32. The van der Waals surface area contributed by atoms with Crippen molar-refractivity contribution >= 4 is 11.9 Å². The first-order valence-electron chi connectivity index (χ1n) is 7.20. The van der Waals surface area contributed by atoms with E-state index in [1.807, 2.05) is 6.92 Å². The summed E-state index contributed by atoms with van der Waals surface area (Å²) in [7, 11) is 0. The largest absolute Gasteiger partial charge is 0.481 e. The highest BCUT2D eigenvalue weighted by Gasteiger charge is 2.45. The van der Waals surface area contributed by atoms with Gasteiger partial charge >= 0.3 is 5.97 Å². The zero-order chi connectivity index (χ0) is 13.9. The fraction of sp³-hybridized carbons (Fsp3) is 0.857. The first kappa shape index (κ1) is 14.3. The molecule has 0 saturated carbocycles. The Labute approximate surface area is 113 Å². The third kappa shape index (κ3) is 3.08. The Balaban J connectivity index is 1.92. The van der Waals surface area contributed by atoms with Crippen molar-refractivity contribution in [3.8, 4) is 0 Å². The summed E-state index contributed by atoms with van der Waals surface area (Å²) < 4.78 is 5.47. The second-order valence-corrected chi connectivity index (χ2v) is 5.74. The van der Waals surface area contributed by atoms with Crippen molar-refractivity contribution in [2.75, 3.05) is 19.7 Å². The summed E-state index contributed by atoms with van der Waals surface area (Å²) in [4.78, 5) is 25.3. The monoisotopic (exact) mass is 269 g/mol. The van der Waals surface area contributed by atoms with E-state index in [9.17, 15) is 14.7 Å². The lowest BCUT2D eigenvalue weighted by Gasteiger charge is -2.24. The molecule has 0 aromatic rings. The molecule has 0 radical (unpaired) electrons. The lowest BCUT2D eigenvalue weighted by atomic mass is 9.83. The lowest BCUT2D eigenvalue weighted by molar-refractivity contribution is -0.149. The molecule has 5 nitrogen and oxygen atoms in total. The van der Waals surface area contributed by atoms with Crippen molar-refractivity contribution in [2.24, 2.45) is 5.41 Å². The van der Waals surface area contributed by atoms with Gasteiger partial charge in [0, 0.05) is 19.7 Å². The van der Waals surface area contributed by atoms with Crippen LogP contribution in [0.2, 0.25) is 0 Å². The number of rotatable bonds is 5. The van der Waals surface area contributed by atoms with Crippen LogP contribution in [0.5, 0.6) is 0 Å². The summed E-state index contributed by atoms with van der Waals surface area (Å²) in [6.45, 7) is 3.66. The van der Waals surface area contributed by atoms with Crippen molar-refractivity contribution < 1.29 is 19.4 Å². The van der Waals surface area contributed by atoms with Crippen molar-refractivity contribution in [1.29, 1.82) is 0 Å². The van der Waals surface area contributed by atoms with Crippen LogP contribution in [0.15, 0.2) is 0 Å². The van der Waals surface area contributed by atoms with Gasteiger partial charge in [-0.2, -0.15) is 0 Å². The number of carbonyl (C=O) groups is 2. The summed E-state index contributed by atoms with van der Waals surface area (Å²) in [6.07, 6.45) is 4.46. The fourth-order valence-corrected chi connectivity index (χ4v) is 3.18. The smallest absolute Gasteiger partial charge is 0.311 e. The lowest BCUT2D eigenvalue weighted by Crippen LogP contribution is -2.37. The van der Waals surface area contributed by atoms with E-state index >= 15 is 0 Å². The number of nitrogens with zero attached hydrogens (tertiary/aromatic N) is 1. The van der Waals surface area contributed by atoms with Gasteiger partial charge in [-0.3, -0.25) is 9.59 Å². The van der Waals surface area contributed by atoms with Gasteiger partial charge in [-0.05, 0) is 25.7 Å². The van der Waals surface area contributed by atoms with Crippen LogP contribution in [-0.4, -0.2) is 47.7 Å². The Morgan fingerprint density at radius 2 is 2.26 bits per heavy atom. The van der Waals surface area contributed by atoms with E-state index in [0.717, 1.165) is 25.9 Å². The van der Waals surface area contributed by atoms with Gasteiger partial charge in [-0.25, -0.2) is 0 Å². The highest BCUT2D eigenvalue weighted by atomic mass is 16.5. The molecule has 1 N–H and O–H groups in total. The van der Waals surface area contributed by atoms with Crippen LogP contribution in [0, 0.1) is 5.41 Å². The minimum absolute atomic E-state index is 0.0403. The molecule has 2 saturated heterocycles. The maximum absolute atomic E-state index is 12.2. The predicted molar refractivity (Wildman–Crippen MR) is 69.8 cm³/mol. The average Bonchev–Trinajstić information content (AvgIpc) is 2.99. The van der Waals surface area contributed by atoms with Crippen molar-refractivity contribution in [2.45, 2.75) is 51.6 Å². The standard InChI is InChI=1S/C14H23NO4/c1-2-5-14(13(17)18)6-7-15(10-14)12(16)9-11-4-3-8-19-11/h11H,2-10H2,1H3,(H,17,18). The molecule has 2 aliphatic heterocycles. The van der Waals surface area contributed by atoms with Gasteiger partial charge < -0.3 is 14.7 Å². The number of hydrogen-bond acceptors (Lipinski definition) is 3. The normalized spacial score (nSPS) is 30.8. The summed E-state index contributed by atoms with van der Waals surface area (Å²) in [5.41, 5.74) is -0.721. The highest BCUT2D eigenvalue weighted by molar-refractivity contribution is 5.81. The van der Waals surface area contributed by atoms with Crippen molar-refractivity contribution in [1.82, 2.24) is 4.90 Å². The molecule has 2 atom stereocenters. The second kappa shape index (κ2) is 5.90. The molecule has 2 unspecified atom stereocenters. The molecular formula is C14H23NO4. The zero-order valence-corrected chi connectivity index (χ0v) is 11.6. The fourth-order valence-electron chi connectivity index (χ4n) is 3.18. The Kier molecular flexibility index (Phi) is 4.45. The van der Waals surface area contributed by atoms with Crippen LogP contribution in [0.4, 0.5) is 0 Å². The molecule has 0 bridgehead atoms. The molecular weight excluding hydrogens is 246 g/mol. The highest BCUT2D eigenvalue weighted by Crippen LogP contribution is 2.36. The van der Waals surface area contributed by atoms with Crippen LogP contribution in [-0.2, 0) is 14.3 Å². The molecule has 19 heavy (non-hydrogen) atoms. The summed E-state index contributed by atoms with van der Waals surface area (Å²) in [5, 5.41) is 9.42. The van der Waals surface area contributed by atoms with Gasteiger partial charge in [0.1, 0.15) is 0 Å². The molecule has 1 amide bonds. The number of carbonyl (C=O) groups excluding carboxylic acids is 1. The zero-order valence-electron chi connectivity index (χ0n) is 11.6. The molecule has 108 valence electrons. The molecule has 0 spiro atoms. The number of ether oxygens (including phenoxy) is 1. The van der Waals surface area contributed by atoms with Crippen LogP contribution in [0.1, 0.15) is 45.4 Å². The SMILES string of the molecule is CCCC1(C(=O)O)CCN(C(=O)CC2CCCO2)C1. The topological polar surface area (TPSA) is 66.8 Å². The van der Waals surface area contributed by atoms with E-state index in [4.69, 9.17) is 4.74 Å². The van der Waals surface area contributed by atoms with Crippen molar-refractivity contribution in [3.63, 3.8) is 0 Å². The number of carboxylic acids is 1. The predicted octanol–water partition coefficient (Wildman–Crippen LogP) is 1.66. The Morgan fingerprint density at radius 1 is 1.47 bits per heavy atom. The van der Waals surface area contributed by atoms with Gasteiger partial charge in [0.25, 0.3) is 0 Å². The van der Waals surface area contributed by atoms with Crippen LogP contribution in [0.25, 0.3) is 0 Å². The third-order valence-electron chi connectivity index (χ3n) is 4.32. The minimum Gasteiger partial charge on any atom is -0.481 e. The van der Waals surface area contributed by atoms with Gasteiger partial charge in [0.15, 0.2) is 0 Å². The maximum Gasteiger partial charge on any atom is 0.311 e. The molecule has 5 heteroatoms. The summed E-state index contributed by atoms with van der Waals surface area (Å²) in [6, 6.07) is 0. The van der Waals surface area contributed by atoms with Gasteiger partial charge in [-0.1, -0.05) is 13.3 Å². The van der Waals surface area contributed by atoms with Crippen LogP contribution in [0.3, 0.4) is 0 Å². The number of amides is 1. The first-order chi connectivity index (χ1) is 9.07. The Hall–Kier alpha value is -1.10. The quantitative estimate of drug-likeness (QED) is 0.824. The van der Waals surface area contributed by atoms with E-state index in [2.05, 4.69) is 0 Å². The van der Waals surface area contributed by atoms with E-state index in [-0.39, 0.29) is 12.0 Å². The number of aliphatic carboxylic acids is 1. The maximum atomic E-state index is 12.2. The Bertz CT molecular complexity index is 351. The molecule has 2 heterocycles. The van der Waals surface area contributed by atoms with Gasteiger partial charge in [0.05, 0.1) is 17.9 Å². The molecule has 0 aromatic carbocycles. The van der Waals surface area contributed by atoms with Crippen LogP contribution >= 0.6 is 0 Å². The molecule has 0 aliphatic carbocycles. The molecule has 2 rings (SSSR count). The van der Waals surface area contributed by atoms with Gasteiger partial charge in [0.2, 0.25) is 5.91 Å². The number of carboxylic acid groups (broad SMARTS) is 1. The van der Waals surface area contributed by atoms with E-state index in [1.54, 1.807) is 4.90 Å². The molecule has 0 aromatic heterocycles. The van der Waals surface area contributed by atoms with Crippen molar-refractivity contribution in [3.05, 3.63) is 0 Å². The van der Waals surface area contributed by atoms with E-state index < -0.39 is 11.4 Å². The minimum atomic E-state index is -0.762. The number of hydrogen-bond donors (Lipinski definition) is 1.